The first-order valence-corrected chi connectivity index (χ1v) is 6.37. The molecular weight excluding hydrogens is 204 g/mol. The summed E-state index contributed by atoms with van der Waals surface area (Å²) in [6.45, 7) is 7.98. The summed E-state index contributed by atoms with van der Waals surface area (Å²) < 4.78 is 0. The maximum Gasteiger partial charge on any atom is 0.0897 e. The molecule has 0 saturated carbocycles. The van der Waals surface area contributed by atoms with Crippen molar-refractivity contribution in [2.45, 2.75) is 38.8 Å². The maximum absolute atomic E-state index is 9.50. The van der Waals surface area contributed by atoms with E-state index < -0.39 is 6.10 Å². The van der Waals surface area contributed by atoms with E-state index in [2.05, 4.69) is 24.1 Å². The zero-order valence-corrected chi connectivity index (χ0v) is 10.5. The Hall–Kier alpha value is -0.160. The molecule has 96 valence electrons. The van der Waals surface area contributed by atoms with Gasteiger partial charge in [-0.1, -0.05) is 0 Å². The number of hydrogen-bond acceptors (Lipinski definition) is 4. The van der Waals surface area contributed by atoms with E-state index in [0.29, 0.717) is 12.6 Å². The van der Waals surface area contributed by atoms with Crippen LogP contribution in [-0.4, -0.2) is 60.0 Å². The van der Waals surface area contributed by atoms with Gasteiger partial charge in [0.2, 0.25) is 0 Å². The highest BCUT2D eigenvalue weighted by Gasteiger charge is 2.20. The van der Waals surface area contributed by atoms with Gasteiger partial charge in [0.25, 0.3) is 0 Å². The summed E-state index contributed by atoms with van der Waals surface area (Å²) in [5, 5.41) is 21.7. The Morgan fingerprint density at radius 3 is 2.44 bits per heavy atom. The molecular formula is C12H26N2O2. The van der Waals surface area contributed by atoms with Gasteiger partial charge in [0.05, 0.1) is 12.7 Å². The Bertz CT molecular complexity index is 182. The fraction of sp³-hybridized carbons (Fsp3) is 1.00. The Morgan fingerprint density at radius 1 is 1.31 bits per heavy atom. The minimum atomic E-state index is -0.607. The molecule has 1 fully saturated rings. The van der Waals surface area contributed by atoms with Crippen molar-refractivity contribution in [3.8, 4) is 0 Å². The molecule has 0 aliphatic carbocycles. The average molecular weight is 230 g/mol. The molecule has 0 aromatic rings. The van der Waals surface area contributed by atoms with Crippen molar-refractivity contribution in [2.75, 3.05) is 32.8 Å². The van der Waals surface area contributed by atoms with Crippen LogP contribution in [0.25, 0.3) is 0 Å². The van der Waals surface area contributed by atoms with E-state index >= 15 is 0 Å². The summed E-state index contributed by atoms with van der Waals surface area (Å²) in [7, 11) is 0. The predicted molar refractivity (Wildman–Crippen MR) is 65.4 cm³/mol. The van der Waals surface area contributed by atoms with E-state index in [0.717, 1.165) is 25.6 Å². The molecule has 0 aromatic carbocycles. The first-order chi connectivity index (χ1) is 7.63. The fourth-order valence-electron chi connectivity index (χ4n) is 2.22. The SMILES string of the molecule is CC(C)N(CC(O)CO)CC1CCNCC1. The van der Waals surface area contributed by atoms with Crippen LogP contribution < -0.4 is 5.32 Å². The minimum Gasteiger partial charge on any atom is -0.394 e. The van der Waals surface area contributed by atoms with Crippen LogP contribution in [0, 0.1) is 5.92 Å². The molecule has 1 atom stereocenters. The van der Waals surface area contributed by atoms with Crippen LogP contribution in [0.1, 0.15) is 26.7 Å². The van der Waals surface area contributed by atoms with Crippen molar-refractivity contribution in [1.82, 2.24) is 10.2 Å². The number of hydrogen-bond donors (Lipinski definition) is 3. The van der Waals surface area contributed by atoms with Crippen LogP contribution in [0.3, 0.4) is 0 Å². The molecule has 0 radical (unpaired) electrons. The summed E-state index contributed by atoms with van der Waals surface area (Å²) in [5.41, 5.74) is 0. The lowest BCUT2D eigenvalue weighted by Crippen LogP contribution is -2.43. The number of nitrogens with one attached hydrogen (secondary N) is 1. The molecule has 0 amide bonds. The van der Waals surface area contributed by atoms with Crippen LogP contribution >= 0.6 is 0 Å². The number of rotatable bonds is 6. The Labute approximate surface area is 98.6 Å². The van der Waals surface area contributed by atoms with Gasteiger partial charge in [0, 0.05) is 19.1 Å². The highest BCUT2D eigenvalue weighted by Crippen LogP contribution is 2.15. The molecule has 1 rings (SSSR count). The van der Waals surface area contributed by atoms with Crippen LogP contribution in [0.2, 0.25) is 0 Å². The van der Waals surface area contributed by atoms with E-state index in [9.17, 15) is 5.11 Å². The monoisotopic (exact) mass is 230 g/mol. The van der Waals surface area contributed by atoms with Crippen molar-refractivity contribution in [2.24, 2.45) is 5.92 Å². The third-order valence-corrected chi connectivity index (χ3v) is 3.34. The van der Waals surface area contributed by atoms with Crippen molar-refractivity contribution in [1.29, 1.82) is 0 Å². The Kier molecular flexibility index (Phi) is 6.28. The van der Waals surface area contributed by atoms with Gasteiger partial charge in [-0.05, 0) is 45.7 Å². The molecule has 1 unspecified atom stereocenters. The predicted octanol–water partition coefficient (Wildman–Crippen LogP) is 0.0496. The topological polar surface area (TPSA) is 55.7 Å². The summed E-state index contributed by atoms with van der Waals surface area (Å²) in [5.74, 6) is 0.731. The molecule has 1 heterocycles. The van der Waals surface area contributed by atoms with E-state index in [1.54, 1.807) is 0 Å². The van der Waals surface area contributed by atoms with E-state index in [1.807, 2.05) is 0 Å². The molecule has 4 nitrogen and oxygen atoms in total. The number of aliphatic hydroxyl groups excluding tert-OH is 2. The number of nitrogens with zero attached hydrogens (tertiary/aromatic N) is 1. The fourth-order valence-corrected chi connectivity index (χ4v) is 2.22. The van der Waals surface area contributed by atoms with Gasteiger partial charge in [-0.15, -0.1) is 0 Å². The number of aliphatic hydroxyl groups is 2. The summed E-state index contributed by atoms with van der Waals surface area (Å²) in [4.78, 5) is 2.27. The molecule has 1 aliphatic rings. The van der Waals surface area contributed by atoms with Crippen molar-refractivity contribution in [3.05, 3.63) is 0 Å². The van der Waals surface area contributed by atoms with Gasteiger partial charge in [0.15, 0.2) is 0 Å². The molecule has 3 N–H and O–H groups in total. The third kappa shape index (κ3) is 4.78. The minimum absolute atomic E-state index is 0.143. The van der Waals surface area contributed by atoms with Crippen LogP contribution in [0.4, 0.5) is 0 Å². The first kappa shape index (κ1) is 13.9. The van der Waals surface area contributed by atoms with E-state index in [1.165, 1.54) is 12.8 Å². The summed E-state index contributed by atoms with van der Waals surface area (Å²) >= 11 is 0. The third-order valence-electron chi connectivity index (χ3n) is 3.34. The first-order valence-electron chi connectivity index (χ1n) is 6.37. The van der Waals surface area contributed by atoms with Crippen molar-refractivity contribution in [3.63, 3.8) is 0 Å². The normalized spacial score (nSPS) is 20.6. The van der Waals surface area contributed by atoms with Crippen LogP contribution in [0.5, 0.6) is 0 Å². The Morgan fingerprint density at radius 2 is 1.94 bits per heavy atom. The largest absolute Gasteiger partial charge is 0.394 e. The molecule has 1 saturated heterocycles. The van der Waals surface area contributed by atoms with Gasteiger partial charge in [0.1, 0.15) is 0 Å². The van der Waals surface area contributed by atoms with Gasteiger partial charge in [-0.2, -0.15) is 0 Å². The van der Waals surface area contributed by atoms with Crippen molar-refractivity contribution < 1.29 is 10.2 Å². The van der Waals surface area contributed by atoms with Gasteiger partial charge < -0.3 is 15.5 Å². The molecule has 16 heavy (non-hydrogen) atoms. The second-order valence-electron chi connectivity index (χ2n) is 5.08. The quantitative estimate of drug-likeness (QED) is 0.603. The number of piperidine rings is 1. The smallest absolute Gasteiger partial charge is 0.0897 e. The standard InChI is InChI=1S/C12H26N2O2/c1-10(2)14(8-12(16)9-15)7-11-3-5-13-6-4-11/h10-13,15-16H,3-9H2,1-2H3. The molecule has 1 aliphatic heterocycles. The highest BCUT2D eigenvalue weighted by molar-refractivity contribution is 4.75. The molecule has 4 heteroatoms. The average Bonchev–Trinajstić information content (AvgIpc) is 2.29. The lowest BCUT2D eigenvalue weighted by atomic mass is 9.97. The zero-order chi connectivity index (χ0) is 12.0. The maximum atomic E-state index is 9.50. The second kappa shape index (κ2) is 7.22. The molecule has 0 bridgehead atoms. The molecule has 0 spiro atoms. The lowest BCUT2D eigenvalue weighted by Gasteiger charge is -2.33. The highest BCUT2D eigenvalue weighted by atomic mass is 16.3. The van der Waals surface area contributed by atoms with E-state index in [-0.39, 0.29) is 6.61 Å². The van der Waals surface area contributed by atoms with Gasteiger partial charge in [-0.3, -0.25) is 4.90 Å². The van der Waals surface area contributed by atoms with Gasteiger partial charge >= 0.3 is 0 Å². The van der Waals surface area contributed by atoms with Gasteiger partial charge in [-0.25, -0.2) is 0 Å². The van der Waals surface area contributed by atoms with Crippen molar-refractivity contribution >= 4 is 0 Å². The van der Waals surface area contributed by atoms with E-state index in [4.69, 9.17) is 5.11 Å². The second-order valence-corrected chi connectivity index (χ2v) is 5.08. The van der Waals surface area contributed by atoms with Crippen LogP contribution in [-0.2, 0) is 0 Å². The Balaban J connectivity index is 2.37. The summed E-state index contributed by atoms with van der Waals surface area (Å²) in [6, 6.07) is 0.427. The lowest BCUT2D eigenvalue weighted by molar-refractivity contribution is 0.0412. The molecule has 0 aromatic heterocycles. The summed E-state index contributed by atoms with van der Waals surface area (Å²) in [6.07, 6.45) is 1.83. The zero-order valence-electron chi connectivity index (χ0n) is 10.5. The van der Waals surface area contributed by atoms with Crippen LogP contribution in [0.15, 0.2) is 0 Å².